The van der Waals surface area contributed by atoms with Gasteiger partial charge in [0.1, 0.15) is 0 Å². The van der Waals surface area contributed by atoms with E-state index in [9.17, 15) is 18.0 Å². The smallest absolute Gasteiger partial charge is 0.355 e. The van der Waals surface area contributed by atoms with E-state index in [0.717, 1.165) is 10.9 Å². The number of amides is 1. The largest absolute Gasteiger partial charge is 0.433 e. The summed E-state index contributed by atoms with van der Waals surface area (Å²) in [6, 6.07) is 8.04. The highest BCUT2D eigenvalue weighted by molar-refractivity contribution is 7.98. The molecule has 0 radical (unpaired) electrons. The molecule has 0 aliphatic carbocycles. The Morgan fingerprint density at radius 1 is 1.30 bits per heavy atom. The predicted molar refractivity (Wildman–Crippen MR) is 83.7 cm³/mol. The number of hydrogen-bond acceptors (Lipinski definition) is 3. The van der Waals surface area contributed by atoms with Gasteiger partial charge in [-0.25, -0.2) is 4.68 Å². The quantitative estimate of drug-likeness (QED) is 0.821. The zero-order chi connectivity index (χ0) is 16.9. The van der Waals surface area contributed by atoms with Crippen LogP contribution in [0.25, 0.3) is 5.69 Å². The number of carbonyl (C=O) groups is 1. The Morgan fingerprint density at radius 2 is 2.00 bits per heavy atom. The minimum absolute atomic E-state index is 0.136. The van der Waals surface area contributed by atoms with E-state index < -0.39 is 17.8 Å². The number of para-hydroxylation sites is 1. The van der Waals surface area contributed by atoms with Gasteiger partial charge in [0, 0.05) is 17.9 Å². The average molecular weight is 343 g/mol. The van der Waals surface area contributed by atoms with Crippen molar-refractivity contribution >= 4 is 17.7 Å². The third-order valence-electron chi connectivity index (χ3n) is 3.09. The van der Waals surface area contributed by atoms with Gasteiger partial charge >= 0.3 is 6.18 Å². The Labute approximate surface area is 136 Å². The molecule has 1 amide bonds. The van der Waals surface area contributed by atoms with Crippen LogP contribution in [0.5, 0.6) is 0 Å². The summed E-state index contributed by atoms with van der Waals surface area (Å²) in [7, 11) is 0. The second-order valence-corrected chi connectivity index (χ2v) is 5.77. The fraction of sp³-hybridized carbons (Fsp3) is 0.333. The summed E-state index contributed by atoms with van der Waals surface area (Å²) >= 11 is 1.55. The molecular formula is C15H16F3N3OS. The number of hydrogen-bond donors (Lipinski definition) is 1. The number of halogens is 3. The average Bonchev–Trinajstić information content (AvgIpc) is 2.92. The lowest BCUT2D eigenvalue weighted by molar-refractivity contribution is -0.143. The van der Waals surface area contributed by atoms with Crippen LogP contribution in [0.2, 0.25) is 0 Å². The molecule has 124 valence electrons. The molecule has 1 aromatic carbocycles. The minimum atomic E-state index is -4.60. The maximum atomic E-state index is 13.4. The summed E-state index contributed by atoms with van der Waals surface area (Å²) < 4.78 is 41.0. The van der Waals surface area contributed by atoms with Crippen molar-refractivity contribution in [3.05, 3.63) is 47.8 Å². The lowest BCUT2D eigenvalue weighted by Gasteiger charge is -2.12. The monoisotopic (exact) mass is 343 g/mol. The lowest BCUT2D eigenvalue weighted by atomic mass is 10.1. The first-order valence-electron chi connectivity index (χ1n) is 6.88. The van der Waals surface area contributed by atoms with Crippen molar-refractivity contribution < 1.29 is 18.0 Å². The number of benzene rings is 1. The molecule has 4 nitrogen and oxygen atoms in total. The molecular weight excluding hydrogens is 327 g/mol. The summed E-state index contributed by atoms with van der Waals surface area (Å²) in [6.07, 6.45) is -1.96. The number of rotatable bonds is 6. The van der Waals surface area contributed by atoms with Crippen LogP contribution >= 0.6 is 11.8 Å². The van der Waals surface area contributed by atoms with E-state index >= 15 is 0 Å². The molecule has 0 saturated heterocycles. The molecule has 0 aliphatic rings. The zero-order valence-corrected chi connectivity index (χ0v) is 13.2. The molecule has 0 atom stereocenters. The molecule has 2 rings (SSSR count). The van der Waals surface area contributed by atoms with E-state index in [1.54, 1.807) is 30.0 Å². The Kier molecular flexibility index (Phi) is 5.70. The topological polar surface area (TPSA) is 46.9 Å². The van der Waals surface area contributed by atoms with Gasteiger partial charge in [-0.2, -0.15) is 30.0 Å². The number of thioether (sulfide) groups is 1. The fourth-order valence-corrected chi connectivity index (χ4v) is 2.41. The fourth-order valence-electron chi connectivity index (χ4n) is 2.11. The van der Waals surface area contributed by atoms with Gasteiger partial charge < -0.3 is 5.32 Å². The molecule has 23 heavy (non-hydrogen) atoms. The van der Waals surface area contributed by atoms with Crippen LogP contribution in [0, 0.1) is 0 Å². The zero-order valence-electron chi connectivity index (χ0n) is 12.4. The Balaban J connectivity index is 2.27. The van der Waals surface area contributed by atoms with Gasteiger partial charge in [0.05, 0.1) is 18.3 Å². The first-order chi connectivity index (χ1) is 10.9. The lowest BCUT2D eigenvalue weighted by Crippen LogP contribution is -2.28. The molecule has 2 aromatic rings. The number of carbonyl (C=O) groups excluding carboxylic acids is 1. The molecule has 0 unspecified atom stereocenters. The van der Waals surface area contributed by atoms with Crippen LogP contribution in [0.1, 0.15) is 11.3 Å². The van der Waals surface area contributed by atoms with Crippen LogP contribution in [0.15, 0.2) is 36.5 Å². The van der Waals surface area contributed by atoms with Gasteiger partial charge in [0.2, 0.25) is 5.91 Å². The molecule has 0 saturated carbocycles. The van der Waals surface area contributed by atoms with Crippen LogP contribution in [-0.2, 0) is 17.4 Å². The van der Waals surface area contributed by atoms with Crippen molar-refractivity contribution in [2.24, 2.45) is 0 Å². The molecule has 0 bridgehead atoms. The van der Waals surface area contributed by atoms with Crippen molar-refractivity contribution in [3.63, 3.8) is 0 Å². The van der Waals surface area contributed by atoms with Gasteiger partial charge in [0.25, 0.3) is 0 Å². The van der Waals surface area contributed by atoms with Gasteiger partial charge in [-0.15, -0.1) is 0 Å². The summed E-state index contributed by atoms with van der Waals surface area (Å²) in [6.45, 7) is 0.425. The molecule has 0 aliphatic heterocycles. The van der Waals surface area contributed by atoms with E-state index in [2.05, 4.69) is 10.4 Å². The minimum Gasteiger partial charge on any atom is -0.355 e. The highest BCUT2D eigenvalue weighted by Crippen LogP contribution is 2.33. The SMILES string of the molecule is CSCCNC(=O)Cc1cnn(-c2ccccc2)c1C(F)(F)F. The van der Waals surface area contributed by atoms with Crippen molar-refractivity contribution in [1.82, 2.24) is 15.1 Å². The summed E-state index contributed by atoms with van der Waals surface area (Å²) in [5.41, 5.74) is -0.749. The van der Waals surface area contributed by atoms with Crippen LogP contribution < -0.4 is 5.32 Å². The normalized spacial score (nSPS) is 11.5. The second kappa shape index (κ2) is 7.54. The highest BCUT2D eigenvalue weighted by atomic mass is 32.2. The van der Waals surface area contributed by atoms with Crippen LogP contribution in [0.4, 0.5) is 13.2 Å². The van der Waals surface area contributed by atoms with Crippen LogP contribution in [-0.4, -0.2) is 34.2 Å². The number of aromatic nitrogens is 2. The maximum absolute atomic E-state index is 13.4. The Hall–Kier alpha value is -1.96. The van der Waals surface area contributed by atoms with Gasteiger partial charge in [0.15, 0.2) is 5.69 Å². The highest BCUT2D eigenvalue weighted by Gasteiger charge is 2.38. The number of nitrogens with one attached hydrogen (secondary N) is 1. The Bertz CT molecular complexity index is 656. The Morgan fingerprint density at radius 3 is 2.61 bits per heavy atom. The third kappa shape index (κ3) is 4.51. The van der Waals surface area contributed by atoms with Crippen molar-refractivity contribution in [3.8, 4) is 5.69 Å². The van der Waals surface area contributed by atoms with Crippen molar-refractivity contribution in [2.75, 3.05) is 18.6 Å². The second-order valence-electron chi connectivity index (χ2n) is 4.78. The summed E-state index contributed by atoms with van der Waals surface area (Å²) in [4.78, 5) is 11.8. The molecule has 8 heteroatoms. The predicted octanol–water partition coefficient (Wildman–Crippen LogP) is 2.91. The van der Waals surface area contributed by atoms with Gasteiger partial charge in [-0.1, -0.05) is 18.2 Å². The molecule has 1 N–H and O–H groups in total. The van der Waals surface area contributed by atoms with E-state index in [0.29, 0.717) is 18.0 Å². The first kappa shape index (κ1) is 17.4. The summed E-state index contributed by atoms with van der Waals surface area (Å²) in [5, 5.41) is 6.41. The summed E-state index contributed by atoms with van der Waals surface area (Å²) in [5.74, 6) is 0.262. The van der Waals surface area contributed by atoms with Gasteiger partial charge in [-0.3, -0.25) is 4.79 Å². The maximum Gasteiger partial charge on any atom is 0.433 e. The van der Waals surface area contributed by atoms with E-state index in [-0.39, 0.29) is 12.0 Å². The van der Waals surface area contributed by atoms with Crippen LogP contribution in [0.3, 0.4) is 0 Å². The molecule has 0 spiro atoms. The number of alkyl halides is 3. The van der Waals surface area contributed by atoms with E-state index in [1.165, 1.54) is 12.1 Å². The standard InChI is InChI=1S/C15H16F3N3OS/c1-23-8-7-19-13(22)9-11-10-20-21(14(11)15(16,17)18)12-5-3-2-4-6-12/h2-6,10H,7-9H2,1H3,(H,19,22). The van der Waals surface area contributed by atoms with E-state index in [4.69, 9.17) is 0 Å². The molecule has 1 heterocycles. The van der Waals surface area contributed by atoms with E-state index in [1.807, 2.05) is 6.26 Å². The van der Waals surface area contributed by atoms with Crippen molar-refractivity contribution in [1.29, 1.82) is 0 Å². The van der Waals surface area contributed by atoms with Gasteiger partial charge in [-0.05, 0) is 18.4 Å². The molecule has 1 aromatic heterocycles. The first-order valence-corrected chi connectivity index (χ1v) is 8.28. The third-order valence-corrected chi connectivity index (χ3v) is 3.71. The molecule has 0 fully saturated rings. The number of nitrogens with zero attached hydrogens (tertiary/aromatic N) is 2. The van der Waals surface area contributed by atoms with Crippen molar-refractivity contribution in [2.45, 2.75) is 12.6 Å².